The maximum absolute atomic E-state index is 13.2. The third kappa shape index (κ3) is 4.32. The van der Waals surface area contributed by atoms with E-state index in [0.29, 0.717) is 18.1 Å². The molecule has 26 heavy (non-hydrogen) atoms. The minimum atomic E-state index is -0.242. The van der Waals surface area contributed by atoms with Crippen LogP contribution in [0.3, 0.4) is 0 Å². The molecule has 0 saturated carbocycles. The number of amides is 1. The van der Waals surface area contributed by atoms with Gasteiger partial charge in [-0.15, -0.1) is 12.4 Å². The van der Waals surface area contributed by atoms with Gasteiger partial charge in [0.05, 0.1) is 19.1 Å². The minimum Gasteiger partial charge on any atom is -0.496 e. The number of carbonyl (C=O) groups excluding carboxylic acids is 1. The summed E-state index contributed by atoms with van der Waals surface area (Å²) in [6.07, 6.45) is 0. The fourth-order valence-electron chi connectivity index (χ4n) is 3.35. The van der Waals surface area contributed by atoms with Crippen LogP contribution in [0, 0.1) is 0 Å². The molecule has 0 spiro atoms. The Morgan fingerprint density at radius 2 is 2.04 bits per heavy atom. The number of nitrogens with one attached hydrogen (secondary N) is 1. The van der Waals surface area contributed by atoms with Crippen LogP contribution in [0.15, 0.2) is 48.5 Å². The molecule has 1 heterocycles. The molecule has 1 saturated heterocycles. The van der Waals surface area contributed by atoms with Crippen molar-refractivity contribution in [2.75, 3.05) is 26.7 Å². The van der Waals surface area contributed by atoms with Crippen LogP contribution in [0.1, 0.15) is 30.0 Å². The lowest BCUT2D eigenvalue weighted by Gasteiger charge is -2.38. The molecule has 2 unspecified atom stereocenters. The van der Waals surface area contributed by atoms with E-state index < -0.39 is 0 Å². The highest BCUT2D eigenvalue weighted by atomic mass is 35.5. The van der Waals surface area contributed by atoms with Crippen LogP contribution in [0.2, 0.25) is 5.02 Å². The number of piperazine rings is 1. The zero-order chi connectivity index (χ0) is 17.8. The normalized spacial score (nSPS) is 18.0. The molecule has 1 N–H and O–H groups in total. The molecule has 6 heteroatoms. The summed E-state index contributed by atoms with van der Waals surface area (Å²) < 4.78 is 5.50. The predicted molar refractivity (Wildman–Crippen MR) is 107 cm³/mol. The number of ether oxygens (including phenoxy) is 1. The predicted octanol–water partition coefficient (Wildman–Crippen LogP) is 4.05. The molecule has 1 amide bonds. The van der Waals surface area contributed by atoms with Crippen molar-refractivity contribution in [2.45, 2.75) is 18.9 Å². The molecule has 0 aliphatic carbocycles. The van der Waals surface area contributed by atoms with Gasteiger partial charge in [-0.2, -0.15) is 0 Å². The van der Waals surface area contributed by atoms with Gasteiger partial charge in [0, 0.05) is 30.2 Å². The Morgan fingerprint density at radius 1 is 1.27 bits per heavy atom. The fourth-order valence-corrected chi connectivity index (χ4v) is 3.55. The number of methoxy groups -OCH3 is 1. The summed E-state index contributed by atoms with van der Waals surface area (Å²) in [5.41, 5.74) is 1.97. The van der Waals surface area contributed by atoms with Gasteiger partial charge in [0.2, 0.25) is 5.91 Å². The number of halogens is 2. The Kier molecular flexibility index (Phi) is 7.33. The molecule has 4 nitrogen and oxygen atoms in total. The van der Waals surface area contributed by atoms with E-state index in [9.17, 15) is 4.79 Å². The largest absolute Gasteiger partial charge is 0.496 e. The van der Waals surface area contributed by atoms with Crippen LogP contribution < -0.4 is 10.1 Å². The number of carbonyl (C=O) groups is 1. The smallest absolute Gasteiger partial charge is 0.230 e. The van der Waals surface area contributed by atoms with E-state index in [1.54, 1.807) is 7.11 Å². The van der Waals surface area contributed by atoms with Crippen molar-refractivity contribution in [1.82, 2.24) is 10.2 Å². The van der Waals surface area contributed by atoms with Gasteiger partial charge in [-0.3, -0.25) is 4.79 Å². The SMILES string of the molecule is COc1ccccc1C1CNCCN1C(=O)C(C)c1cccc(Cl)c1.Cl. The highest BCUT2D eigenvalue weighted by Crippen LogP contribution is 2.32. The number of hydrogen-bond acceptors (Lipinski definition) is 3. The van der Waals surface area contributed by atoms with Gasteiger partial charge in [0.15, 0.2) is 0 Å². The molecule has 2 atom stereocenters. The zero-order valence-electron chi connectivity index (χ0n) is 14.9. The van der Waals surface area contributed by atoms with E-state index in [2.05, 4.69) is 5.32 Å². The van der Waals surface area contributed by atoms with Gasteiger partial charge in [0.1, 0.15) is 5.75 Å². The molecule has 3 rings (SSSR count). The van der Waals surface area contributed by atoms with E-state index >= 15 is 0 Å². The van der Waals surface area contributed by atoms with Crippen LogP contribution in [0.25, 0.3) is 0 Å². The summed E-state index contributed by atoms with van der Waals surface area (Å²) in [5.74, 6) is 0.679. The van der Waals surface area contributed by atoms with Crippen molar-refractivity contribution in [2.24, 2.45) is 0 Å². The molecule has 0 bridgehead atoms. The van der Waals surface area contributed by atoms with E-state index in [-0.39, 0.29) is 30.3 Å². The summed E-state index contributed by atoms with van der Waals surface area (Å²) in [7, 11) is 1.66. The first kappa shape index (κ1) is 20.6. The number of benzene rings is 2. The third-order valence-electron chi connectivity index (χ3n) is 4.74. The van der Waals surface area contributed by atoms with E-state index in [0.717, 1.165) is 23.4 Å². The van der Waals surface area contributed by atoms with Crippen molar-refractivity contribution < 1.29 is 9.53 Å². The van der Waals surface area contributed by atoms with Gasteiger partial charge in [-0.1, -0.05) is 41.9 Å². The van der Waals surface area contributed by atoms with Crippen LogP contribution in [-0.4, -0.2) is 37.6 Å². The molecule has 0 aromatic heterocycles. The molecule has 0 radical (unpaired) electrons. The summed E-state index contributed by atoms with van der Waals surface area (Å²) in [5, 5.41) is 4.04. The van der Waals surface area contributed by atoms with E-state index in [1.807, 2.05) is 60.4 Å². The number of nitrogens with zero attached hydrogens (tertiary/aromatic N) is 1. The molecule has 1 fully saturated rings. The lowest BCUT2D eigenvalue weighted by molar-refractivity contribution is -0.135. The van der Waals surface area contributed by atoms with Gasteiger partial charge in [-0.25, -0.2) is 0 Å². The highest BCUT2D eigenvalue weighted by Gasteiger charge is 2.32. The van der Waals surface area contributed by atoms with Gasteiger partial charge < -0.3 is 15.0 Å². The maximum atomic E-state index is 13.2. The summed E-state index contributed by atoms with van der Waals surface area (Å²) in [6.45, 7) is 4.12. The Hall–Kier alpha value is -1.75. The molecule has 2 aromatic rings. The zero-order valence-corrected chi connectivity index (χ0v) is 16.5. The van der Waals surface area contributed by atoms with E-state index in [4.69, 9.17) is 16.3 Å². The first-order valence-electron chi connectivity index (χ1n) is 8.51. The minimum absolute atomic E-state index is 0. The van der Waals surface area contributed by atoms with Crippen molar-refractivity contribution in [3.05, 3.63) is 64.7 Å². The van der Waals surface area contributed by atoms with Crippen LogP contribution >= 0.6 is 24.0 Å². The van der Waals surface area contributed by atoms with Crippen molar-refractivity contribution >= 4 is 29.9 Å². The molecule has 2 aromatic carbocycles. The average Bonchev–Trinajstić information content (AvgIpc) is 2.66. The Balaban J connectivity index is 0.00000243. The third-order valence-corrected chi connectivity index (χ3v) is 4.98. The van der Waals surface area contributed by atoms with Gasteiger partial charge in [-0.05, 0) is 30.7 Å². The quantitative estimate of drug-likeness (QED) is 0.850. The second-order valence-corrected chi connectivity index (χ2v) is 6.71. The maximum Gasteiger partial charge on any atom is 0.230 e. The van der Waals surface area contributed by atoms with Crippen molar-refractivity contribution in [3.8, 4) is 5.75 Å². The summed E-state index contributed by atoms with van der Waals surface area (Å²) >= 11 is 6.09. The Bertz CT molecular complexity index is 754. The van der Waals surface area contributed by atoms with Crippen molar-refractivity contribution in [1.29, 1.82) is 0 Å². The second kappa shape index (κ2) is 9.26. The fraction of sp³-hybridized carbons (Fsp3) is 0.350. The number of hydrogen-bond donors (Lipinski definition) is 1. The van der Waals surface area contributed by atoms with Crippen molar-refractivity contribution in [3.63, 3.8) is 0 Å². The molecule has 140 valence electrons. The first-order chi connectivity index (χ1) is 12.1. The number of rotatable bonds is 4. The average molecular weight is 395 g/mol. The first-order valence-corrected chi connectivity index (χ1v) is 8.89. The monoisotopic (exact) mass is 394 g/mol. The van der Waals surface area contributed by atoms with E-state index in [1.165, 1.54) is 0 Å². The molecular formula is C20H24Cl2N2O2. The molecule has 1 aliphatic rings. The van der Waals surface area contributed by atoms with Crippen LogP contribution in [0.5, 0.6) is 5.75 Å². The Morgan fingerprint density at radius 3 is 2.77 bits per heavy atom. The van der Waals surface area contributed by atoms with Gasteiger partial charge >= 0.3 is 0 Å². The molecular weight excluding hydrogens is 371 g/mol. The lowest BCUT2D eigenvalue weighted by atomic mass is 9.96. The summed E-state index contributed by atoms with van der Waals surface area (Å²) in [6, 6.07) is 15.4. The number of para-hydroxylation sites is 1. The molecule has 1 aliphatic heterocycles. The van der Waals surface area contributed by atoms with Crippen LogP contribution in [0.4, 0.5) is 0 Å². The lowest BCUT2D eigenvalue weighted by Crippen LogP contribution is -2.49. The van der Waals surface area contributed by atoms with Crippen LogP contribution in [-0.2, 0) is 4.79 Å². The Labute approximate surface area is 165 Å². The summed E-state index contributed by atoms with van der Waals surface area (Å²) in [4.78, 5) is 15.2. The second-order valence-electron chi connectivity index (χ2n) is 6.27. The topological polar surface area (TPSA) is 41.6 Å². The van der Waals surface area contributed by atoms with Gasteiger partial charge in [0.25, 0.3) is 0 Å². The highest BCUT2D eigenvalue weighted by molar-refractivity contribution is 6.30. The standard InChI is InChI=1S/C20H23ClN2O2.ClH/c1-14(15-6-5-7-16(21)12-15)20(24)23-11-10-22-13-18(23)17-8-3-4-9-19(17)25-2;/h3-9,12,14,18,22H,10-11,13H2,1-2H3;1H.